The Balaban J connectivity index is 1.19. The summed E-state index contributed by atoms with van der Waals surface area (Å²) in [6.45, 7) is 0. The van der Waals surface area contributed by atoms with Gasteiger partial charge in [-0.1, -0.05) is 37.8 Å². The minimum absolute atomic E-state index is 0.00541. The summed E-state index contributed by atoms with van der Waals surface area (Å²) >= 11 is 0. The number of Topliss-reactive ketones (excluding diaryl/α,β-unsaturated/α-hetero) is 1. The number of hydrogen-bond acceptors (Lipinski definition) is 9. The van der Waals surface area contributed by atoms with Crippen molar-refractivity contribution in [3.05, 3.63) is 91.8 Å². The predicted molar refractivity (Wildman–Crippen MR) is 195 cm³/mol. The lowest BCUT2D eigenvalue weighted by molar-refractivity contribution is -0.122. The predicted octanol–water partition coefficient (Wildman–Crippen LogP) is 3.90. The van der Waals surface area contributed by atoms with Gasteiger partial charge in [0.2, 0.25) is 23.5 Å². The van der Waals surface area contributed by atoms with Crippen LogP contribution in [0.1, 0.15) is 69.8 Å². The van der Waals surface area contributed by atoms with E-state index >= 15 is 0 Å². The number of aliphatic hydroxyl groups excluding tert-OH is 2. The molecule has 7 rings (SSSR count). The van der Waals surface area contributed by atoms with Crippen molar-refractivity contribution in [1.82, 2.24) is 9.55 Å². The van der Waals surface area contributed by atoms with Gasteiger partial charge in [-0.15, -0.1) is 0 Å². The highest BCUT2D eigenvalue weighted by molar-refractivity contribution is 6.46. The first-order valence-corrected chi connectivity index (χ1v) is 17.7. The van der Waals surface area contributed by atoms with Gasteiger partial charge in [-0.25, -0.2) is 14.3 Å². The molecule has 0 atom stereocenters. The van der Waals surface area contributed by atoms with Gasteiger partial charge < -0.3 is 26.0 Å². The fraction of sp³-hybridized carbons (Fsp3) is 0.316. The summed E-state index contributed by atoms with van der Waals surface area (Å²) < 4.78 is 0.655. The van der Waals surface area contributed by atoms with Crippen LogP contribution in [0.2, 0.25) is 0 Å². The Labute approximate surface area is 306 Å². The average Bonchev–Trinajstić information content (AvgIpc) is 3.83. The maximum absolute atomic E-state index is 13.7. The van der Waals surface area contributed by atoms with E-state index in [1.165, 1.54) is 36.4 Å². The molecule has 16 nitrogen and oxygen atoms in total. The molecule has 0 saturated heterocycles. The van der Waals surface area contributed by atoms with Crippen molar-refractivity contribution in [3.63, 3.8) is 0 Å². The van der Waals surface area contributed by atoms with E-state index in [0.29, 0.717) is 28.0 Å². The summed E-state index contributed by atoms with van der Waals surface area (Å²) in [6.07, 6.45) is 8.74. The molecule has 2 saturated carbocycles. The Morgan fingerprint density at radius 1 is 0.741 bits per heavy atom. The lowest BCUT2D eigenvalue weighted by Gasteiger charge is -2.28. The number of aromatic hydroxyl groups is 1. The van der Waals surface area contributed by atoms with Crippen LogP contribution in [0.25, 0.3) is 11.3 Å². The van der Waals surface area contributed by atoms with E-state index in [1.54, 1.807) is 12.1 Å². The number of aliphatic hydroxyl groups is 2. The molecule has 16 heteroatoms. The van der Waals surface area contributed by atoms with E-state index < -0.39 is 68.8 Å². The highest BCUT2D eigenvalue weighted by atomic mass is 16.3. The molecule has 3 aromatic rings. The SMILES string of the molecule is O=C(CC1CCCC1)Nc1cccc(N2C(=O)/C(=C3\C(=O)C(c4c(O)n(-c5cccc(NC(=O)CC6CCCC6)c5)c(=O)[nH]c4=O)=C3O)C(=O)N=C2O)c1. The number of carbonyl (C=O) groups is 5. The molecule has 6 N–H and O–H groups in total. The molecule has 0 radical (unpaired) electrons. The number of aliphatic imine (C=N–C) groups is 1. The van der Waals surface area contributed by atoms with Gasteiger partial charge in [0.25, 0.3) is 17.4 Å². The van der Waals surface area contributed by atoms with Gasteiger partial charge in [0.1, 0.15) is 16.9 Å². The first kappa shape index (κ1) is 35.8. The van der Waals surface area contributed by atoms with Crippen LogP contribution in [0.5, 0.6) is 5.88 Å². The van der Waals surface area contributed by atoms with Crippen LogP contribution in [0.3, 0.4) is 0 Å². The molecule has 4 aliphatic rings. The second kappa shape index (κ2) is 14.4. The summed E-state index contributed by atoms with van der Waals surface area (Å²) in [5.74, 6) is -5.78. The number of allylic oxidation sites excluding steroid dienone is 2. The van der Waals surface area contributed by atoms with Crippen LogP contribution >= 0.6 is 0 Å². The Hall–Kier alpha value is -6.58. The second-order valence-electron chi connectivity index (χ2n) is 13.9. The molecule has 0 bridgehead atoms. The maximum atomic E-state index is 13.7. The zero-order valence-corrected chi connectivity index (χ0v) is 28.9. The number of amidine groups is 1. The van der Waals surface area contributed by atoms with E-state index in [-0.39, 0.29) is 40.7 Å². The first-order valence-electron chi connectivity index (χ1n) is 17.7. The highest BCUT2D eigenvalue weighted by Crippen LogP contribution is 2.41. The monoisotopic (exact) mass is 736 g/mol. The third kappa shape index (κ3) is 6.73. The van der Waals surface area contributed by atoms with Crippen LogP contribution in [-0.4, -0.2) is 60.3 Å². The topological polar surface area (TPSA) is 241 Å². The fourth-order valence-corrected chi connectivity index (χ4v) is 7.62. The molecular formula is C38H36N6O10. The van der Waals surface area contributed by atoms with Crippen LogP contribution in [0.15, 0.2) is 80.0 Å². The number of benzene rings is 2. The number of H-pyrrole nitrogens is 1. The molecule has 0 unspecified atom stereocenters. The van der Waals surface area contributed by atoms with Crippen molar-refractivity contribution in [3.8, 4) is 11.6 Å². The molecule has 2 aromatic carbocycles. The highest BCUT2D eigenvalue weighted by Gasteiger charge is 2.47. The van der Waals surface area contributed by atoms with Gasteiger partial charge in [-0.05, 0) is 73.9 Å². The summed E-state index contributed by atoms with van der Waals surface area (Å²) in [4.78, 5) is 97.7. The van der Waals surface area contributed by atoms with Crippen molar-refractivity contribution in [2.24, 2.45) is 16.8 Å². The minimum Gasteiger partial charge on any atom is -0.506 e. The fourth-order valence-electron chi connectivity index (χ4n) is 7.62. The van der Waals surface area contributed by atoms with E-state index in [2.05, 4.69) is 15.6 Å². The van der Waals surface area contributed by atoms with Gasteiger partial charge >= 0.3 is 11.7 Å². The summed E-state index contributed by atoms with van der Waals surface area (Å²) in [5, 5.41) is 38.5. The minimum atomic E-state index is -1.36. The number of aromatic nitrogens is 2. The average molecular weight is 737 g/mol. The quantitative estimate of drug-likeness (QED) is 0.137. The smallest absolute Gasteiger partial charge is 0.335 e. The molecule has 278 valence electrons. The molecule has 0 spiro atoms. The van der Waals surface area contributed by atoms with Crippen molar-refractivity contribution >= 4 is 58.1 Å². The van der Waals surface area contributed by atoms with Crippen LogP contribution in [-0.2, 0) is 24.0 Å². The molecule has 3 aliphatic carbocycles. The van der Waals surface area contributed by atoms with E-state index in [0.717, 1.165) is 51.4 Å². The molecule has 2 heterocycles. The standard InChI is InChI=1S/C38H36N6O10/c45-25(15-19-7-1-2-8-19)39-21-11-5-13-23(17-21)43-35(51)29(33(49)41-37(43)53)27-31(47)28(32(27)48)30-34(50)42-38(54)44(36(30)52)24-14-6-12-22(18-24)40-26(46)16-20-9-3-4-10-20/h5-6,11-14,17-20,47,51H,1-4,7-10,15-16H2,(H,39,45)(H,40,46)(H,41,49,53)(H,42,50,54)/b30-28-. The zero-order chi connectivity index (χ0) is 38.3. The number of ketones is 1. The lowest BCUT2D eigenvalue weighted by atomic mass is 9.80. The van der Waals surface area contributed by atoms with Crippen molar-refractivity contribution < 1.29 is 39.3 Å². The third-order valence-corrected chi connectivity index (χ3v) is 10.2. The van der Waals surface area contributed by atoms with Gasteiger partial charge in [0.15, 0.2) is 0 Å². The number of aromatic amines is 1. The molecule has 4 amide bonds. The number of rotatable bonds is 9. The second-order valence-corrected chi connectivity index (χ2v) is 13.9. The van der Waals surface area contributed by atoms with E-state index in [9.17, 15) is 48.9 Å². The number of nitrogens with zero attached hydrogens (tertiary/aromatic N) is 3. The Morgan fingerprint density at radius 3 is 1.83 bits per heavy atom. The van der Waals surface area contributed by atoms with Gasteiger partial charge in [0, 0.05) is 24.2 Å². The Bertz CT molecular complexity index is 2340. The van der Waals surface area contributed by atoms with Crippen molar-refractivity contribution in [2.45, 2.75) is 64.2 Å². The first-order chi connectivity index (χ1) is 25.9. The van der Waals surface area contributed by atoms with E-state index in [1.807, 2.05) is 4.98 Å². The van der Waals surface area contributed by atoms with Gasteiger partial charge in [-0.3, -0.25) is 33.8 Å². The normalized spacial score (nSPS) is 19.3. The lowest BCUT2D eigenvalue weighted by Crippen LogP contribution is -2.45. The Kier molecular flexibility index (Phi) is 9.58. The molecule has 2 fully saturated rings. The molecule has 1 aliphatic heterocycles. The summed E-state index contributed by atoms with van der Waals surface area (Å²) in [5.41, 5.74) is -5.17. The van der Waals surface area contributed by atoms with Crippen molar-refractivity contribution in [2.75, 3.05) is 15.5 Å². The number of anilines is 3. The Morgan fingerprint density at radius 2 is 1.28 bits per heavy atom. The third-order valence-electron chi connectivity index (χ3n) is 10.2. The zero-order valence-electron chi connectivity index (χ0n) is 28.9. The number of carbonyl (C=O) groups excluding carboxylic acids is 5. The number of hydrogen-bond donors (Lipinski definition) is 6. The number of amides is 4. The van der Waals surface area contributed by atoms with Gasteiger partial charge in [0.05, 0.1) is 22.5 Å². The summed E-state index contributed by atoms with van der Waals surface area (Å²) in [6, 6.07) is 10.6. The number of nitrogens with one attached hydrogen (secondary N) is 3. The summed E-state index contributed by atoms with van der Waals surface area (Å²) in [7, 11) is 0. The largest absolute Gasteiger partial charge is 0.506 e. The van der Waals surface area contributed by atoms with Crippen molar-refractivity contribution in [1.29, 1.82) is 0 Å². The van der Waals surface area contributed by atoms with Crippen LogP contribution in [0, 0.1) is 11.8 Å². The van der Waals surface area contributed by atoms with Crippen LogP contribution in [0.4, 0.5) is 17.1 Å². The van der Waals surface area contributed by atoms with E-state index in [4.69, 9.17) is 0 Å². The molecule has 54 heavy (non-hydrogen) atoms. The maximum Gasteiger partial charge on any atom is 0.335 e. The molecular weight excluding hydrogens is 700 g/mol. The molecule has 1 aromatic heterocycles. The van der Waals surface area contributed by atoms with Gasteiger partial charge in [-0.2, -0.15) is 4.99 Å². The van der Waals surface area contributed by atoms with Crippen LogP contribution < -0.4 is 26.8 Å².